The number of carbonyl (C=O) groups excluding carboxylic acids is 2. The molecule has 0 aliphatic carbocycles. The second kappa shape index (κ2) is 37.4. The van der Waals surface area contributed by atoms with Gasteiger partial charge in [0.15, 0.2) is 6.29 Å². The maximum absolute atomic E-state index is 12.5. The van der Waals surface area contributed by atoms with Crippen molar-refractivity contribution in [1.29, 1.82) is 0 Å². The van der Waals surface area contributed by atoms with Crippen molar-refractivity contribution in [1.82, 2.24) is 16.0 Å². The number of hydrogen-bond donors (Lipinski definition) is 3. The Morgan fingerprint density at radius 2 is 0.600 bits per heavy atom. The van der Waals surface area contributed by atoms with Gasteiger partial charge in [0.1, 0.15) is 0 Å². The van der Waals surface area contributed by atoms with Gasteiger partial charge in [0, 0.05) is 12.8 Å². The Balaban J connectivity index is 3.70. The first-order valence-electron chi connectivity index (χ1n) is 20.5. The first-order valence-corrected chi connectivity index (χ1v) is 20.5. The third kappa shape index (κ3) is 35.6. The van der Waals surface area contributed by atoms with E-state index < -0.39 is 6.29 Å². The zero-order chi connectivity index (χ0) is 32.9. The van der Waals surface area contributed by atoms with Gasteiger partial charge in [-0.25, -0.2) is 0 Å². The summed E-state index contributed by atoms with van der Waals surface area (Å²) < 4.78 is 0. The zero-order valence-electron chi connectivity index (χ0n) is 30.9. The number of unbranched alkanes of at least 4 members (excludes halogenated alkanes) is 28. The minimum atomic E-state index is -0.461. The van der Waals surface area contributed by atoms with Gasteiger partial charge in [-0.1, -0.05) is 201 Å². The van der Waals surface area contributed by atoms with E-state index >= 15 is 0 Å². The minimum absolute atomic E-state index is 0.0329. The van der Waals surface area contributed by atoms with Gasteiger partial charge in [0.25, 0.3) is 0 Å². The van der Waals surface area contributed by atoms with E-state index in [1.807, 2.05) is 0 Å². The molecule has 0 spiro atoms. The molecular formula is C40H81N3O2. The van der Waals surface area contributed by atoms with Crippen molar-refractivity contribution in [2.75, 3.05) is 6.54 Å². The van der Waals surface area contributed by atoms with Gasteiger partial charge in [-0.2, -0.15) is 0 Å². The van der Waals surface area contributed by atoms with Crippen LogP contribution in [0.1, 0.15) is 233 Å². The van der Waals surface area contributed by atoms with E-state index in [0.717, 1.165) is 38.6 Å². The Kier molecular flexibility index (Phi) is 36.4. The summed E-state index contributed by atoms with van der Waals surface area (Å²) in [5.74, 6) is 0.0659. The monoisotopic (exact) mass is 636 g/mol. The summed E-state index contributed by atoms with van der Waals surface area (Å²) in [6.45, 7) is 7.43. The van der Waals surface area contributed by atoms with E-state index in [-0.39, 0.29) is 11.8 Å². The molecule has 0 bridgehead atoms. The summed E-state index contributed by atoms with van der Waals surface area (Å²) in [7, 11) is 0. The van der Waals surface area contributed by atoms with Crippen LogP contribution in [-0.2, 0) is 9.59 Å². The Bertz CT molecular complexity index is 564. The van der Waals surface area contributed by atoms with Crippen LogP contribution in [0.3, 0.4) is 0 Å². The maximum atomic E-state index is 12.5. The summed E-state index contributed by atoms with van der Waals surface area (Å²) in [5.41, 5.74) is 0. The van der Waals surface area contributed by atoms with Crippen molar-refractivity contribution in [3.05, 3.63) is 0 Å². The van der Waals surface area contributed by atoms with E-state index in [1.165, 1.54) is 167 Å². The average Bonchev–Trinajstić information content (AvgIpc) is 3.03. The van der Waals surface area contributed by atoms with Crippen molar-refractivity contribution >= 4 is 11.8 Å². The Morgan fingerprint density at radius 1 is 0.356 bits per heavy atom. The molecule has 3 N–H and O–H groups in total. The standard InChI is InChI=1S/C40H81N3O2/c1-4-7-9-11-13-15-17-19-21-23-25-27-29-31-33-35-38(44)42-40(41-37-6-3)43-39(45)36-34-32-30-28-26-24-22-20-18-16-14-12-10-8-5-2/h40-41H,4-37H2,1-3H3,(H,42,44)(H,43,45). The lowest BCUT2D eigenvalue weighted by Gasteiger charge is -2.21. The molecule has 0 saturated carbocycles. The zero-order valence-corrected chi connectivity index (χ0v) is 30.9. The van der Waals surface area contributed by atoms with Gasteiger partial charge in [-0.3, -0.25) is 14.9 Å². The number of nitrogens with one attached hydrogen (secondary N) is 3. The fourth-order valence-corrected chi connectivity index (χ4v) is 6.21. The van der Waals surface area contributed by atoms with Crippen LogP contribution < -0.4 is 16.0 Å². The summed E-state index contributed by atoms with van der Waals surface area (Å²) in [6.07, 6.45) is 41.3. The van der Waals surface area contributed by atoms with Crippen LogP contribution in [-0.4, -0.2) is 24.6 Å². The summed E-state index contributed by atoms with van der Waals surface area (Å²) in [6, 6.07) is 0. The van der Waals surface area contributed by atoms with Crippen molar-refractivity contribution < 1.29 is 9.59 Å². The summed E-state index contributed by atoms with van der Waals surface area (Å²) in [4.78, 5) is 25.1. The van der Waals surface area contributed by atoms with Crippen LogP contribution in [0.5, 0.6) is 0 Å². The molecule has 0 unspecified atom stereocenters. The summed E-state index contributed by atoms with van der Waals surface area (Å²) >= 11 is 0. The molecule has 5 nitrogen and oxygen atoms in total. The van der Waals surface area contributed by atoms with Gasteiger partial charge < -0.3 is 10.6 Å². The van der Waals surface area contributed by atoms with Crippen LogP contribution >= 0.6 is 0 Å². The van der Waals surface area contributed by atoms with E-state index in [9.17, 15) is 9.59 Å². The first-order chi connectivity index (χ1) is 22.1. The molecule has 0 fully saturated rings. The lowest BCUT2D eigenvalue weighted by Crippen LogP contribution is -2.56. The molecule has 0 aromatic rings. The first kappa shape index (κ1) is 43.9. The highest BCUT2D eigenvalue weighted by molar-refractivity contribution is 5.79. The van der Waals surface area contributed by atoms with Crippen LogP contribution in [0.2, 0.25) is 0 Å². The van der Waals surface area contributed by atoms with E-state index in [1.54, 1.807) is 0 Å². The van der Waals surface area contributed by atoms with Crippen LogP contribution in [0, 0.1) is 0 Å². The SMILES string of the molecule is CCCCCCCCCCCCCCCCCC(=O)NC(NCCC)NC(=O)CCCCCCCCCCCCCCCCC. The molecule has 0 radical (unpaired) electrons. The average molecular weight is 636 g/mol. The molecule has 0 aromatic carbocycles. The number of hydrogen-bond acceptors (Lipinski definition) is 3. The third-order valence-corrected chi connectivity index (χ3v) is 9.22. The van der Waals surface area contributed by atoms with Gasteiger partial charge in [0.2, 0.25) is 11.8 Å². The molecule has 0 saturated heterocycles. The van der Waals surface area contributed by atoms with Crippen LogP contribution in [0.15, 0.2) is 0 Å². The largest absolute Gasteiger partial charge is 0.323 e. The van der Waals surface area contributed by atoms with E-state index in [0.29, 0.717) is 12.8 Å². The molecule has 2 amide bonds. The van der Waals surface area contributed by atoms with Gasteiger partial charge in [-0.15, -0.1) is 0 Å². The number of carbonyl (C=O) groups is 2. The van der Waals surface area contributed by atoms with Crippen LogP contribution in [0.25, 0.3) is 0 Å². The molecule has 0 heterocycles. The molecule has 5 heteroatoms. The van der Waals surface area contributed by atoms with Gasteiger partial charge >= 0.3 is 0 Å². The van der Waals surface area contributed by atoms with Crippen molar-refractivity contribution in [2.24, 2.45) is 0 Å². The normalized spacial score (nSPS) is 11.4. The van der Waals surface area contributed by atoms with Crippen molar-refractivity contribution in [2.45, 2.75) is 239 Å². The molecule has 0 aliphatic heterocycles. The highest BCUT2D eigenvalue weighted by atomic mass is 16.2. The highest BCUT2D eigenvalue weighted by Crippen LogP contribution is 2.15. The second-order valence-electron chi connectivity index (χ2n) is 13.9. The number of amides is 2. The third-order valence-electron chi connectivity index (χ3n) is 9.22. The van der Waals surface area contributed by atoms with Gasteiger partial charge in [-0.05, 0) is 25.8 Å². The molecular weight excluding hydrogens is 554 g/mol. The minimum Gasteiger partial charge on any atom is -0.323 e. The Morgan fingerprint density at radius 3 is 0.844 bits per heavy atom. The predicted octanol–water partition coefficient (Wildman–Crippen LogP) is 12.0. The fraction of sp³-hybridized carbons (Fsp3) is 0.950. The van der Waals surface area contributed by atoms with Gasteiger partial charge in [0.05, 0.1) is 0 Å². The van der Waals surface area contributed by atoms with Crippen molar-refractivity contribution in [3.8, 4) is 0 Å². The van der Waals surface area contributed by atoms with Crippen molar-refractivity contribution in [3.63, 3.8) is 0 Å². The summed E-state index contributed by atoms with van der Waals surface area (Å²) in [5, 5.41) is 9.28. The number of rotatable bonds is 37. The van der Waals surface area contributed by atoms with E-state index in [4.69, 9.17) is 0 Å². The molecule has 45 heavy (non-hydrogen) atoms. The maximum Gasteiger partial charge on any atom is 0.222 e. The van der Waals surface area contributed by atoms with E-state index in [2.05, 4.69) is 36.7 Å². The smallest absolute Gasteiger partial charge is 0.222 e. The molecule has 0 atom stereocenters. The topological polar surface area (TPSA) is 70.2 Å². The Hall–Kier alpha value is -1.10. The molecule has 268 valence electrons. The second-order valence-corrected chi connectivity index (χ2v) is 13.9. The quantitative estimate of drug-likeness (QED) is 0.0470. The Labute approximate surface area is 282 Å². The predicted molar refractivity (Wildman–Crippen MR) is 197 cm³/mol. The molecule has 0 aliphatic rings. The fourth-order valence-electron chi connectivity index (χ4n) is 6.21. The lowest BCUT2D eigenvalue weighted by molar-refractivity contribution is -0.125. The highest BCUT2D eigenvalue weighted by Gasteiger charge is 2.14. The molecule has 0 aromatic heterocycles. The molecule has 0 rings (SSSR count). The van der Waals surface area contributed by atoms with Crippen LogP contribution in [0.4, 0.5) is 0 Å². The lowest BCUT2D eigenvalue weighted by atomic mass is 10.0.